The third-order valence-corrected chi connectivity index (χ3v) is 1.11. The third kappa shape index (κ3) is 1.32. The number of hydrogen-bond donors (Lipinski definition) is 0. The molecule has 11 heavy (non-hydrogen) atoms. The maximum absolute atomic E-state index is 12.4. The smallest absolute Gasteiger partial charge is 0.176 e. The molecular weight excluding hydrogens is 155 g/mol. The second-order valence-electron chi connectivity index (χ2n) is 1.86. The minimum Gasteiger partial charge on any atom is -0.207 e. The molecule has 0 amide bonds. The van der Waals surface area contributed by atoms with Gasteiger partial charge in [0.1, 0.15) is 11.9 Å². The molecule has 0 atom stereocenters. The molecule has 0 aromatic heterocycles. The third-order valence-electron chi connectivity index (χ3n) is 1.11. The number of nitriles is 1. The molecule has 0 radical (unpaired) electrons. The molecule has 0 aliphatic heterocycles. The van der Waals surface area contributed by atoms with Crippen LogP contribution in [0.25, 0.3) is 0 Å². The standard InChI is InChI=1S/C7H2F3N/c8-5-1-4(3-11)7(10)6(9)2-5/h1-2H. The van der Waals surface area contributed by atoms with Crippen molar-refractivity contribution in [2.45, 2.75) is 0 Å². The zero-order chi connectivity index (χ0) is 8.43. The molecule has 0 N–H and O–H groups in total. The summed E-state index contributed by atoms with van der Waals surface area (Å²) in [6.07, 6.45) is 0. The summed E-state index contributed by atoms with van der Waals surface area (Å²) in [5.41, 5.74) is -0.623. The average Bonchev–Trinajstić information content (AvgIpc) is 1.96. The monoisotopic (exact) mass is 157 g/mol. The van der Waals surface area contributed by atoms with Crippen LogP contribution in [-0.4, -0.2) is 0 Å². The Labute approximate surface area is 60.7 Å². The van der Waals surface area contributed by atoms with Crippen molar-refractivity contribution in [1.82, 2.24) is 0 Å². The summed E-state index contributed by atoms with van der Waals surface area (Å²) in [5, 5.41) is 8.14. The summed E-state index contributed by atoms with van der Waals surface area (Å²) < 4.78 is 36.9. The van der Waals surface area contributed by atoms with Gasteiger partial charge in [-0.25, -0.2) is 13.2 Å². The van der Waals surface area contributed by atoms with E-state index in [1.807, 2.05) is 0 Å². The number of rotatable bonds is 0. The summed E-state index contributed by atoms with van der Waals surface area (Å²) in [6, 6.07) is 2.34. The van der Waals surface area contributed by atoms with Crippen LogP contribution in [0.1, 0.15) is 5.56 Å². The van der Waals surface area contributed by atoms with Crippen molar-refractivity contribution >= 4 is 0 Å². The summed E-state index contributed by atoms with van der Waals surface area (Å²) in [4.78, 5) is 0. The van der Waals surface area contributed by atoms with Gasteiger partial charge < -0.3 is 0 Å². The van der Waals surface area contributed by atoms with Gasteiger partial charge in [0.05, 0.1) is 5.56 Å². The van der Waals surface area contributed by atoms with Crippen LogP contribution in [0.4, 0.5) is 13.2 Å². The molecule has 0 aliphatic carbocycles. The van der Waals surface area contributed by atoms with Crippen molar-refractivity contribution in [2.24, 2.45) is 0 Å². The average molecular weight is 157 g/mol. The van der Waals surface area contributed by atoms with E-state index in [0.717, 1.165) is 0 Å². The Kier molecular flexibility index (Phi) is 1.81. The van der Waals surface area contributed by atoms with Crippen LogP contribution in [0.2, 0.25) is 0 Å². The van der Waals surface area contributed by atoms with Crippen LogP contribution in [0.15, 0.2) is 12.1 Å². The van der Waals surface area contributed by atoms with E-state index in [0.29, 0.717) is 12.1 Å². The highest BCUT2D eigenvalue weighted by Crippen LogP contribution is 2.12. The number of nitrogens with zero attached hydrogens (tertiary/aromatic N) is 1. The summed E-state index contributed by atoms with van der Waals surface area (Å²) in [7, 11) is 0. The largest absolute Gasteiger partial charge is 0.207 e. The van der Waals surface area contributed by atoms with Gasteiger partial charge in [-0.3, -0.25) is 0 Å². The quantitative estimate of drug-likeness (QED) is 0.528. The van der Waals surface area contributed by atoms with Gasteiger partial charge in [0.25, 0.3) is 0 Å². The Bertz CT molecular complexity index is 327. The van der Waals surface area contributed by atoms with Gasteiger partial charge in [-0.1, -0.05) is 0 Å². The lowest BCUT2D eigenvalue weighted by Gasteiger charge is -1.94. The highest BCUT2D eigenvalue weighted by Gasteiger charge is 2.09. The van der Waals surface area contributed by atoms with Crippen LogP contribution >= 0.6 is 0 Å². The molecule has 56 valence electrons. The van der Waals surface area contributed by atoms with E-state index in [1.165, 1.54) is 6.07 Å². The van der Waals surface area contributed by atoms with Crippen molar-refractivity contribution < 1.29 is 13.2 Å². The van der Waals surface area contributed by atoms with E-state index >= 15 is 0 Å². The normalized spacial score (nSPS) is 9.27. The number of benzene rings is 1. The van der Waals surface area contributed by atoms with Crippen LogP contribution in [-0.2, 0) is 0 Å². The predicted octanol–water partition coefficient (Wildman–Crippen LogP) is 1.98. The van der Waals surface area contributed by atoms with E-state index < -0.39 is 23.0 Å². The fourth-order valence-corrected chi connectivity index (χ4v) is 0.637. The molecule has 4 heteroatoms. The lowest BCUT2D eigenvalue weighted by molar-refractivity contribution is 0.492. The Balaban J connectivity index is 3.39. The van der Waals surface area contributed by atoms with Crippen molar-refractivity contribution in [3.05, 3.63) is 35.1 Å². The van der Waals surface area contributed by atoms with Crippen molar-refractivity contribution in [3.8, 4) is 6.07 Å². The maximum Gasteiger partial charge on any atom is 0.176 e. The van der Waals surface area contributed by atoms with E-state index in [-0.39, 0.29) is 0 Å². The zero-order valence-corrected chi connectivity index (χ0v) is 5.24. The van der Waals surface area contributed by atoms with Crippen LogP contribution in [0.3, 0.4) is 0 Å². The number of halogens is 3. The first-order chi connectivity index (χ1) is 5.15. The first kappa shape index (κ1) is 7.61. The maximum atomic E-state index is 12.4. The second kappa shape index (κ2) is 2.62. The molecule has 0 aliphatic rings. The second-order valence-corrected chi connectivity index (χ2v) is 1.86. The van der Waals surface area contributed by atoms with Gasteiger partial charge in [0.2, 0.25) is 0 Å². The van der Waals surface area contributed by atoms with Crippen molar-refractivity contribution in [2.75, 3.05) is 0 Å². The Morgan fingerprint density at radius 2 is 1.82 bits per heavy atom. The molecule has 0 bridgehead atoms. The van der Waals surface area contributed by atoms with Crippen LogP contribution in [0, 0.1) is 28.8 Å². The summed E-state index contributed by atoms with van der Waals surface area (Å²) in [6.45, 7) is 0. The fourth-order valence-electron chi connectivity index (χ4n) is 0.637. The first-order valence-electron chi connectivity index (χ1n) is 2.70. The molecule has 0 spiro atoms. The topological polar surface area (TPSA) is 23.8 Å². The van der Waals surface area contributed by atoms with Gasteiger partial charge in [0, 0.05) is 6.07 Å². The molecule has 1 aromatic rings. The lowest BCUT2D eigenvalue weighted by Crippen LogP contribution is -1.91. The molecule has 1 rings (SSSR count). The van der Waals surface area contributed by atoms with Gasteiger partial charge in [0.15, 0.2) is 11.6 Å². The lowest BCUT2D eigenvalue weighted by atomic mass is 10.2. The highest BCUT2D eigenvalue weighted by atomic mass is 19.2. The van der Waals surface area contributed by atoms with E-state index in [1.54, 1.807) is 0 Å². The minimum absolute atomic E-state index is 0.385. The Hall–Kier alpha value is -1.50. The van der Waals surface area contributed by atoms with Gasteiger partial charge in [-0.05, 0) is 6.07 Å². The fraction of sp³-hybridized carbons (Fsp3) is 0. The molecule has 0 saturated carbocycles. The molecule has 1 nitrogen and oxygen atoms in total. The Morgan fingerprint density at radius 1 is 1.18 bits per heavy atom. The molecule has 0 fully saturated rings. The van der Waals surface area contributed by atoms with Crippen LogP contribution < -0.4 is 0 Å². The SMILES string of the molecule is N#Cc1cc(F)cc(F)c1F. The van der Waals surface area contributed by atoms with E-state index in [9.17, 15) is 13.2 Å². The Morgan fingerprint density at radius 3 is 2.36 bits per heavy atom. The van der Waals surface area contributed by atoms with E-state index in [2.05, 4.69) is 0 Å². The molecule has 1 aromatic carbocycles. The summed E-state index contributed by atoms with van der Waals surface area (Å²) >= 11 is 0. The molecular formula is C7H2F3N. The minimum atomic E-state index is -1.35. The van der Waals surface area contributed by atoms with E-state index in [4.69, 9.17) is 5.26 Å². The van der Waals surface area contributed by atoms with Crippen molar-refractivity contribution in [1.29, 1.82) is 5.26 Å². The van der Waals surface area contributed by atoms with Gasteiger partial charge in [-0.15, -0.1) is 0 Å². The van der Waals surface area contributed by atoms with Gasteiger partial charge >= 0.3 is 0 Å². The zero-order valence-electron chi connectivity index (χ0n) is 5.24. The first-order valence-corrected chi connectivity index (χ1v) is 2.70. The molecule has 0 saturated heterocycles. The van der Waals surface area contributed by atoms with Gasteiger partial charge in [-0.2, -0.15) is 5.26 Å². The molecule has 0 heterocycles. The number of hydrogen-bond acceptors (Lipinski definition) is 1. The predicted molar refractivity (Wildman–Crippen MR) is 31.0 cm³/mol. The van der Waals surface area contributed by atoms with Crippen molar-refractivity contribution in [3.63, 3.8) is 0 Å². The highest BCUT2D eigenvalue weighted by molar-refractivity contribution is 5.31. The summed E-state index contributed by atoms with van der Waals surface area (Å²) in [5.74, 6) is -3.61. The molecule has 0 unspecified atom stereocenters. The van der Waals surface area contributed by atoms with Crippen LogP contribution in [0.5, 0.6) is 0 Å².